The summed E-state index contributed by atoms with van der Waals surface area (Å²) in [5.41, 5.74) is 10.8. The Morgan fingerprint density at radius 2 is 1.82 bits per heavy atom. The number of hydrogen-bond acceptors (Lipinski definition) is 9. The highest BCUT2D eigenvalue weighted by atomic mass is 32.2. The van der Waals surface area contributed by atoms with Gasteiger partial charge in [-0.25, -0.2) is 13.5 Å². The van der Waals surface area contributed by atoms with Gasteiger partial charge in [-0.05, 0) is 30.7 Å². The maximum atomic E-state index is 13.6. The Hall–Kier alpha value is -2.58. The first-order chi connectivity index (χ1) is 15.8. The minimum atomic E-state index is -2.61. The van der Waals surface area contributed by atoms with E-state index in [-0.39, 0.29) is 24.0 Å². The number of thiol groups is 1. The van der Waals surface area contributed by atoms with Crippen molar-refractivity contribution in [1.82, 2.24) is 14.6 Å². The molecule has 0 radical (unpaired) electrons. The van der Waals surface area contributed by atoms with E-state index in [0.717, 1.165) is 6.07 Å². The number of carbonyl (C=O) groups excluding carboxylic acids is 3. The lowest BCUT2D eigenvalue weighted by atomic mass is 10.0. The van der Waals surface area contributed by atoms with E-state index in [4.69, 9.17) is 11.5 Å². The Labute approximate surface area is 206 Å². The predicted molar refractivity (Wildman–Crippen MR) is 130 cm³/mol. The Bertz CT molecular complexity index is 929. The average Bonchev–Trinajstić information content (AvgIpc) is 2.74. The van der Waals surface area contributed by atoms with E-state index >= 15 is 0 Å². The number of aromatic nitrogens is 1. The van der Waals surface area contributed by atoms with Crippen molar-refractivity contribution >= 4 is 47.0 Å². The summed E-state index contributed by atoms with van der Waals surface area (Å²) in [7, 11) is -2.61. The van der Waals surface area contributed by atoms with Gasteiger partial charge in [-0.15, -0.1) is 0 Å². The molecular weight excluding hydrogens is 484 g/mol. The van der Waals surface area contributed by atoms with Gasteiger partial charge in [0.15, 0.2) is 11.0 Å². The second-order valence-electron chi connectivity index (χ2n) is 8.53. The molecule has 0 aliphatic rings. The first-order valence-electron chi connectivity index (χ1n) is 10.6. The molecule has 0 saturated carbocycles. The van der Waals surface area contributed by atoms with Crippen molar-refractivity contribution in [2.75, 3.05) is 5.75 Å². The standard InChI is InChI=1S/C20H32N6O6S2/c1-11(2)8-13(21)18(28)24-14(9-12(3)4)20(29)25(16(10-33)17(22)27)34(32)19-15(26(30)31)6-5-7-23-19/h5-7,11-14,16,33H,8-10,21H2,1-4H3,(H2,22,27)(H,24,28)/t13-,14-,16-,34?/m0/s1. The molecular formula is C20H32N6O6S2. The lowest BCUT2D eigenvalue weighted by Crippen LogP contribution is -2.58. The molecule has 1 aromatic heterocycles. The van der Waals surface area contributed by atoms with Gasteiger partial charge in [0.05, 0.1) is 11.0 Å². The zero-order chi connectivity index (χ0) is 26.2. The smallest absolute Gasteiger partial charge is 0.305 e. The lowest BCUT2D eigenvalue weighted by molar-refractivity contribution is -0.388. The Morgan fingerprint density at radius 3 is 2.29 bits per heavy atom. The van der Waals surface area contributed by atoms with Crippen LogP contribution in [0.3, 0.4) is 0 Å². The number of pyridine rings is 1. The van der Waals surface area contributed by atoms with Crippen LogP contribution in [0.2, 0.25) is 0 Å². The van der Waals surface area contributed by atoms with Gasteiger partial charge in [-0.1, -0.05) is 27.7 Å². The van der Waals surface area contributed by atoms with Gasteiger partial charge < -0.3 is 16.8 Å². The summed E-state index contributed by atoms with van der Waals surface area (Å²) in [6.45, 7) is 7.38. The highest BCUT2D eigenvalue weighted by Crippen LogP contribution is 2.24. The van der Waals surface area contributed by atoms with Gasteiger partial charge in [-0.3, -0.25) is 24.5 Å². The maximum absolute atomic E-state index is 13.6. The van der Waals surface area contributed by atoms with Crippen LogP contribution < -0.4 is 16.8 Å². The van der Waals surface area contributed by atoms with Gasteiger partial charge >= 0.3 is 5.69 Å². The van der Waals surface area contributed by atoms with E-state index in [2.05, 4.69) is 22.9 Å². The highest BCUT2D eigenvalue weighted by Gasteiger charge is 2.40. The molecule has 0 aliphatic heterocycles. The van der Waals surface area contributed by atoms with Gasteiger partial charge in [0.1, 0.15) is 12.1 Å². The van der Waals surface area contributed by atoms with Crippen molar-refractivity contribution in [2.24, 2.45) is 23.3 Å². The molecule has 1 heterocycles. The lowest BCUT2D eigenvalue weighted by Gasteiger charge is -2.31. The fourth-order valence-corrected chi connectivity index (χ4v) is 4.93. The molecule has 0 fully saturated rings. The van der Waals surface area contributed by atoms with Crippen LogP contribution in [0, 0.1) is 22.0 Å². The summed E-state index contributed by atoms with van der Waals surface area (Å²) in [5.74, 6) is -2.84. The van der Waals surface area contributed by atoms with Gasteiger partial charge in [-0.2, -0.15) is 12.6 Å². The molecule has 0 spiro atoms. The zero-order valence-electron chi connectivity index (χ0n) is 19.5. The highest BCUT2D eigenvalue weighted by molar-refractivity contribution is 7.83. The fraction of sp³-hybridized carbons (Fsp3) is 0.600. The molecule has 0 bridgehead atoms. The third-order valence-corrected chi connectivity index (χ3v) is 6.46. The normalized spacial score (nSPS) is 14.8. The van der Waals surface area contributed by atoms with E-state index in [1.54, 1.807) is 13.8 Å². The summed E-state index contributed by atoms with van der Waals surface area (Å²) in [4.78, 5) is 52.8. The number of nitro groups is 1. The average molecular weight is 517 g/mol. The minimum Gasteiger partial charge on any atom is -0.368 e. The molecule has 0 aliphatic carbocycles. The topological polar surface area (TPSA) is 192 Å². The molecule has 0 saturated heterocycles. The third-order valence-electron chi connectivity index (χ3n) is 4.68. The molecule has 1 unspecified atom stereocenters. The van der Waals surface area contributed by atoms with E-state index in [0.29, 0.717) is 10.7 Å². The van der Waals surface area contributed by atoms with Crippen molar-refractivity contribution in [3.8, 4) is 0 Å². The van der Waals surface area contributed by atoms with Crippen LogP contribution in [0.4, 0.5) is 5.69 Å². The van der Waals surface area contributed by atoms with Crippen molar-refractivity contribution < 1.29 is 23.5 Å². The predicted octanol–water partition coefficient (Wildman–Crippen LogP) is 0.529. The number of hydrogen-bond donors (Lipinski definition) is 4. The van der Waals surface area contributed by atoms with Crippen LogP contribution in [0.5, 0.6) is 0 Å². The largest absolute Gasteiger partial charge is 0.368 e. The number of nitrogens with two attached hydrogens (primary N) is 2. The van der Waals surface area contributed by atoms with Crippen LogP contribution in [0.25, 0.3) is 0 Å². The summed E-state index contributed by atoms with van der Waals surface area (Å²) in [6.07, 6.45) is 1.65. The summed E-state index contributed by atoms with van der Waals surface area (Å²) < 4.78 is 14.0. The third kappa shape index (κ3) is 8.02. The van der Waals surface area contributed by atoms with E-state index in [1.807, 2.05) is 13.8 Å². The first-order valence-corrected chi connectivity index (χ1v) is 12.4. The quantitative estimate of drug-likeness (QED) is 0.166. The van der Waals surface area contributed by atoms with Gasteiger partial charge in [0, 0.05) is 18.0 Å². The van der Waals surface area contributed by atoms with Crippen molar-refractivity contribution in [1.29, 1.82) is 0 Å². The SMILES string of the molecule is CC(C)C[C@H](NC(=O)[C@@H](N)CC(C)C)C(=O)N([C@@H](CS)C(N)=O)S(=O)c1ncccc1[N+](=O)[O-]. The fourth-order valence-electron chi connectivity index (χ4n) is 3.12. The number of nitrogens with zero attached hydrogens (tertiary/aromatic N) is 3. The first kappa shape index (κ1) is 29.5. The van der Waals surface area contributed by atoms with Crippen LogP contribution in [-0.2, 0) is 25.4 Å². The van der Waals surface area contributed by atoms with Crippen molar-refractivity contribution in [3.63, 3.8) is 0 Å². The number of rotatable bonds is 13. The van der Waals surface area contributed by atoms with Crippen molar-refractivity contribution in [3.05, 3.63) is 28.4 Å². The van der Waals surface area contributed by atoms with Crippen LogP contribution >= 0.6 is 12.6 Å². The minimum absolute atomic E-state index is 0.0990. The summed E-state index contributed by atoms with van der Waals surface area (Å²) in [5, 5.41) is 13.5. The number of amides is 3. The Kier molecular flexibility index (Phi) is 11.6. The Morgan fingerprint density at radius 1 is 1.24 bits per heavy atom. The van der Waals surface area contributed by atoms with E-state index in [1.165, 1.54) is 12.3 Å². The van der Waals surface area contributed by atoms with Crippen LogP contribution in [0.1, 0.15) is 40.5 Å². The maximum Gasteiger partial charge on any atom is 0.305 e. The molecule has 1 aromatic rings. The Balaban J connectivity index is 3.49. The molecule has 1 rings (SSSR count). The molecule has 3 amide bonds. The second-order valence-corrected chi connectivity index (χ2v) is 10.2. The molecule has 190 valence electrons. The summed E-state index contributed by atoms with van der Waals surface area (Å²) in [6, 6.07) is -1.27. The van der Waals surface area contributed by atoms with Gasteiger partial charge in [0.25, 0.3) is 5.91 Å². The number of nitrogens with one attached hydrogen (secondary N) is 1. The molecule has 34 heavy (non-hydrogen) atoms. The van der Waals surface area contributed by atoms with E-state index < -0.39 is 62.5 Å². The molecule has 0 aromatic carbocycles. The molecule has 12 nitrogen and oxygen atoms in total. The van der Waals surface area contributed by atoms with Crippen molar-refractivity contribution in [2.45, 2.75) is 63.7 Å². The van der Waals surface area contributed by atoms with Gasteiger partial charge in [0.2, 0.25) is 16.8 Å². The summed E-state index contributed by atoms with van der Waals surface area (Å²) >= 11 is 4.05. The monoisotopic (exact) mass is 516 g/mol. The zero-order valence-corrected chi connectivity index (χ0v) is 21.3. The molecule has 14 heteroatoms. The van der Waals surface area contributed by atoms with Crippen LogP contribution in [-0.4, -0.2) is 60.0 Å². The second kappa shape index (κ2) is 13.3. The number of primary amides is 1. The van der Waals surface area contributed by atoms with E-state index in [9.17, 15) is 28.7 Å². The molecule has 4 atom stereocenters. The number of carbonyl (C=O) groups is 3. The molecule has 5 N–H and O–H groups in total. The van der Waals surface area contributed by atoms with Crippen LogP contribution in [0.15, 0.2) is 23.4 Å².